The summed E-state index contributed by atoms with van der Waals surface area (Å²) in [6, 6.07) is 13.5. The van der Waals surface area contributed by atoms with E-state index in [0.717, 1.165) is 28.9 Å². The lowest BCUT2D eigenvalue weighted by Gasteiger charge is -2.32. The molecule has 0 radical (unpaired) electrons. The zero-order valence-electron chi connectivity index (χ0n) is 15.3. The number of amides is 1. The SMILES string of the molecule is COc1ccc2[nH]c3c(c2c1)CCN(C(=O)/C=C/c1cccc(Cl)c1)C3C. The van der Waals surface area contributed by atoms with Crippen LogP contribution >= 0.6 is 11.6 Å². The number of nitrogens with one attached hydrogen (secondary N) is 1. The Morgan fingerprint density at radius 2 is 2.15 bits per heavy atom. The highest BCUT2D eigenvalue weighted by atomic mass is 35.5. The molecule has 1 aromatic heterocycles. The first-order chi connectivity index (χ1) is 13.1. The predicted molar refractivity (Wildman–Crippen MR) is 109 cm³/mol. The van der Waals surface area contributed by atoms with Gasteiger partial charge in [0.05, 0.1) is 13.2 Å². The van der Waals surface area contributed by atoms with Gasteiger partial charge in [0.2, 0.25) is 5.91 Å². The van der Waals surface area contributed by atoms with Crippen LogP contribution < -0.4 is 4.74 Å². The predicted octanol–water partition coefficient (Wildman–Crippen LogP) is 4.99. The lowest BCUT2D eigenvalue weighted by Crippen LogP contribution is -2.37. The number of methoxy groups -OCH3 is 1. The Labute approximate surface area is 163 Å². The molecule has 27 heavy (non-hydrogen) atoms. The van der Waals surface area contributed by atoms with Crippen LogP contribution in [0, 0.1) is 0 Å². The summed E-state index contributed by atoms with van der Waals surface area (Å²) in [5, 5.41) is 1.84. The molecular formula is C22H21ClN2O2. The summed E-state index contributed by atoms with van der Waals surface area (Å²) in [4.78, 5) is 18.2. The molecule has 3 aromatic rings. The molecule has 2 heterocycles. The van der Waals surface area contributed by atoms with Crippen LogP contribution in [0.5, 0.6) is 5.75 Å². The van der Waals surface area contributed by atoms with Crippen molar-refractivity contribution in [3.8, 4) is 5.75 Å². The molecule has 0 saturated carbocycles. The van der Waals surface area contributed by atoms with E-state index >= 15 is 0 Å². The van der Waals surface area contributed by atoms with Gasteiger partial charge in [-0.2, -0.15) is 0 Å². The Morgan fingerprint density at radius 3 is 2.93 bits per heavy atom. The molecule has 138 valence electrons. The molecule has 1 atom stereocenters. The molecule has 0 saturated heterocycles. The average molecular weight is 381 g/mol. The van der Waals surface area contributed by atoms with Gasteiger partial charge in [0.15, 0.2) is 0 Å². The first-order valence-corrected chi connectivity index (χ1v) is 9.37. The highest BCUT2D eigenvalue weighted by Gasteiger charge is 2.29. The number of ether oxygens (including phenoxy) is 1. The number of nitrogens with zero attached hydrogens (tertiary/aromatic N) is 1. The summed E-state index contributed by atoms with van der Waals surface area (Å²) < 4.78 is 5.35. The second-order valence-corrected chi connectivity index (χ2v) is 7.21. The summed E-state index contributed by atoms with van der Waals surface area (Å²) in [6.45, 7) is 2.76. The number of H-pyrrole nitrogens is 1. The van der Waals surface area contributed by atoms with E-state index in [1.807, 2.05) is 47.4 Å². The molecular weight excluding hydrogens is 360 g/mol. The second kappa shape index (κ2) is 7.12. The van der Waals surface area contributed by atoms with Crippen LogP contribution in [0.1, 0.15) is 29.8 Å². The van der Waals surface area contributed by atoms with Crippen molar-refractivity contribution >= 4 is 34.5 Å². The smallest absolute Gasteiger partial charge is 0.247 e. The Kier molecular flexibility index (Phi) is 4.66. The number of aromatic nitrogens is 1. The van der Waals surface area contributed by atoms with E-state index in [1.54, 1.807) is 13.2 Å². The van der Waals surface area contributed by atoms with E-state index in [1.165, 1.54) is 10.9 Å². The third kappa shape index (κ3) is 3.33. The molecule has 1 aliphatic heterocycles. The summed E-state index contributed by atoms with van der Waals surface area (Å²) in [6.07, 6.45) is 4.26. The standard InChI is InChI=1S/C22H21ClN2O2/c1-14-22-18(19-13-17(27-2)7-8-20(19)24-22)10-11-25(14)21(26)9-6-15-4-3-5-16(23)12-15/h3-9,12-14,24H,10-11H2,1-2H3/b9-6+. The monoisotopic (exact) mass is 380 g/mol. The Balaban J connectivity index is 1.59. The van der Waals surface area contributed by atoms with Crippen molar-refractivity contribution in [3.63, 3.8) is 0 Å². The molecule has 0 bridgehead atoms. The number of rotatable bonds is 3. The van der Waals surface area contributed by atoms with E-state index in [2.05, 4.69) is 18.0 Å². The van der Waals surface area contributed by atoms with E-state index < -0.39 is 0 Å². The molecule has 4 rings (SSSR count). The van der Waals surface area contributed by atoms with Crippen LogP contribution in [0.25, 0.3) is 17.0 Å². The minimum atomic E-state index is -0.0105. The van der Waals surface area contributed by atoms with E-state index in [9.17, 15) is 4.79 Å². The van der Waals surface area contributed by atoms with Crippen molar-refractivity contribution in [3.05, 3.63) is 70.4 Å². The maximum absolute atomic E-state index is 12.8. The summed E-state index contributed by atoms with van der Waals surface area (Å²) in [5.41, 5.74) is 4.38. The third-order valence-corrected chi connectivity index (χ3v) is 5.42. The molecule has 5 heteroatoms. The molecule has 4 nitrogen and oxygen atoms in total. The number of carbonyl (C=O) groups excluding carboxylic acids is 1. The minimum Gasteiger partial charge on any atom is -0.497 e. The molecule has 1 amide bonds. The molecule has 1 aliphatic rings. The zero-order valence-corrected chi connectivity index (χ0v) is 16.1. The number of halogens is 1. The zero-order chi connectivity index (χ0) is 19.0. The van der Waals surface area contributed by atoms with Gasteiger partial charge in [-0.15, -0.1) is 0 Å². The number of benzene rings is 2. The van der Waals surface area contributed by atoms with E-state index in [4.69, 9.17) is 16.3 Å². The molecule has 2 aromatic carbocycles. The van der Waals surface area contributed by atoms with Crippen molar-refractivity contribution in [2.75, 3.05) is 13.7 Å². The van der Waals surface area contributed by atoms with Gasteiger partial charge in [0, 0.05) is 34.2 Å². The molecule has 0 spiro atoms. The van der Waals surface area contributed by atoms with Crippen LogP contribution in [0.4, 0.5) is 0 Å². The first-order valence-electron chi connectivity index (χ1n) is 8.99. The number of hydrogen-bond donors (Lipinski definition) is 1. The summed E-state index contributed by atoms with van der Waals surface area (Å²) in [7, 11) is 1.68. The van der Waals surface area contributed by atoms with Gasteiger partial charge in [0.1, 0.15) is 5.75 Å². The largest absolute Gasteiger partial charge is 0.497 e. The topological polar surface area (TPSA) is 45.3 Å². The Bertz CT molecular complexity index is 1040. The molecule has 1 unspecified atom stereocenters. The van der Waals surface area contributed by atoms with Gasteiger partial charge in [-0.3, -0.25) is 4.79 Å². The Hall–Kier alpha value is -2.72. The van der Waals surface area contributed by atoms with Crippen molar-refractivity contribution < 1.29 is 9.53 Å². The normalized spacial score (nSPS) is 16.7. The summed E-state index contributed by atoms with van der Waals surface area (Å²) in [5.74, 6) is 0.851. The van der Waals surface area contributed by atoms with Crippen LogP contribution in [-0.4, -0.2) is 29.4 Å². The van der Waals surface area contributed by atoms with Crippen LogP contribution in [0.15, 0.2) is 48.5 Å². The minimum absolute atomic E-state index is 0.00404. The fraction of sp³-hybridized carbons (Fsp3) is 0.227. The number of carbonyl (C=O) groups is 1. The highest BCUT2D eigenvalue weighted by Crippen LogP contribution is 2.35. The van der Waals surface area contributed by atoms with Gasteiger partial charge in [-0.1, -0.05) is 23.7 Å². The maximum atomic E-state index is 12.8. The Morgan fingerprint density at radius 1 is 1.30 bits per heavy atom. The van der Waals surface area contributed by atoms with E-state index in [-0.39, 0.29) is 11.9 Å². The van der Waals surface area contributed by atoms with Crippen LogP contribution in [-0.2, 0) is 11.2 Å². The second-order valence-electron chi connectivity index (χ2n) is 6.77. The molecule has 1 N–H and O–H groups in total. The lowest BCUT2D eigenvalue weighted by atomic mass is 9.98. The van der Waals surface area contributed by atoms with Crippen molar-refractivity contribution in [1.82, 2.24) is 9.88 Å². The van der Waals surface area contributed by atoms with E-state index in [0.29, 0.717) is 11.6 Å². The summed E-state index contributed by atoms with van der Waals surface area (Å²) >= 11 is 6.01. The van der Waals surface area contributed by atoms with Crippen molar-refractivity contribution in [2.45, 2.75) is 19.4 Å². The van der Waals surface area contributed by atoms with Crippen molar-refractivity contribution in [1.29, 1.82) is 0 Å². The first kappa shape index (κ1) is 17.7. The van der Waals surface area contributed by atoms with Gasteiger partial charge in [-0.05, 0) is 60.9 Å². The van der Waals surface area contributed by atoms with Crippen molar-refractivity contribution in [2.24, 2.45) is 0 Å². The van der Waals surface area contributed by atoms with Crippen LogP contribution in [0.2, 0.25) is 5.02 Å². The van der Waals surface area contributed by atoms with Gasteiger partial charge >= 0.3 is 0 Å². The van der Waals surface area contributed by atoms with Gasteiger partial charge < -0.3 is 14.6 Å². The van der Waals surface area contributed by atoms with Crippen LogP contribution in [0.3, 0.4) is 0 Å². The molecule has 0 aliphatic carbocycles. The quantitative estimate of drug-likeness (QED) is 0.650. The molecule has 0 fully saturated rings. The maximum Gasteiger partial charge on any atom is 0.247 e. The van der Waals surface area contributed by atoms with Gasteiger partial charge in [-0.25, -0.2) is 0 Å². The fourth-order valence-corrected chi connectivity index (χ4v) is 3.96. The fourth-order valence-electron chi connectivity index (χ4n) is 3.76. The lowest BCUT2D eigenvalue weighted by molar-refractivity contribution is -0.128. The van der Waals surface area contributed by atoms with Gasteiger partial charge in [0.25, 0.3) is 0 Å². The number of fused-ring (bicyclic) bond motifs is 3. The number of aromatic amines is 1. The average Bonchev–Trinajstić information content (AvgIpc) is 3.05. The highest BCUT2D eigenvalue weighted by molar-refractivity contribution is 6.30. The number of hydrogen-bond acceptors (Lipinski definition) is 2. The third-order valence-electron chi connectivity index (χ3n) is 5.18.